The summed E-state index contributed by atoms with van der Waals surface area (Å²) < 4.78 is 0. The summed E-state index contributed by atoms with van der Waals surface area (Å²) in [6.45, 7) is 0. The van der Waals surface area contributed by atoms with Crippen LogP contribution in [0.3, 0.4) is 0 Å². The fourth-order valence-corrected chi connectivity index (χ4v) is 0. The monoisotopic (exact) mass is 87.1 g/mol. The minimum absolute atomic E-state index is 0. The van der Waals surface area contributed by atoms with E-state index in [0.29, 0.717) is 0 Å². The van der Waals surface area contributed by atoms with Crippen molar-refractivity contribution in [2.75, 3.05) is 14.1 Å². The van der Waals surface area contributed by atoms with E-state index in [2.05, 4.69) is 0 Å². The molecular weight excluding hydrogens is 76.9 g/mol. The van der Waals surface area contributed by atoms with Gasteiger partial charge in [0.1, 0.15) is 0 Å². The summed E-state index contributed by atoms with van der Waals surface area (Å²) in [6, 6.07) is 0. The minimum Gasteiger partial charge on any atom is -0.351 e. The molecule has 0 heterocycles. The van der Waals surface area contributed by atoms with Gasteiger partial charge in [0.2, 0.25) is 6.41 Å². The molecule has 0 aromatic rings. The fraction of sp³-hybridized carbons (Fsp3) is 0.667. The van der Waals surface area contributed by atoms with E-state index in [0.717, 1.165) is 6.41 Å². The van der Waals surface area contributed by atoms with Crippen LogP contribution in [0.25, 0.3) is 0 Å². The third-order valence-electron chi connectivity index (χ3n) is 0.211. The van der Waals surface area contributed by atoms with Gasteiger partial charge < -0.3 is 4.90 Å². The zero-order chi connectivity index (χ0) is 4.28. The van der Waals surface area contributed by atoms with Crippen LogP contribution >= 0.6 is 0 Å². The molecule has 0 aliphatic heterocycles. The molecule has 0 saturated heterocycles. The average molecular weight is 86.9 g/mol. The second-order valence-corrected chi connectivity index (χ2v) is 1.07. The van der Waals surface area contributed by atoms with Crippen molar-refractivity contribution in [3.63, 3.8) is 0 Å². The third-order valence-corrected chi connectivity index (χ3v) is 0.211. The van der Waals surface area contributed by atoms with Crippen LogP contribution < -0.4 is 0 Å². The van der Waals surface area contributed by atoms with Gasteiger partial charge in [-0.25, -0.2) is 0 Å². The second kappa shape index (κ2) is 4.53. The lowest BCUT2D eigenvalue weighted by Gasteiger charge is -1.93. The van der Waals surface area contributed by atoms with Gasteiger partial charge in [0.25, 0.3) is 0 Å². The Kier molecular flexibility index (Phi) is 6.89. The van der Waals surface area contributed by atoms with Crippen molar-refractivity contribution in [1.82, 2.24) is 4.90 Å². The van der Waals surface area contributed by atoms with Gasteiger partial charge in [-0.2, -0.15) is 0 Å². The molecule has 0 aromatic heterocycles. The van der Waals surface area contributed by atoms with Crippen LogP contribution in [-0.2, 0) is 4.79 Å². The zero-order valence-corrected chi connectivity index (χ0v) is 3.43. The van der Waals surface area contributed by atoms with Crippen LogP contribution in [-0.4, -0.2) is 33.8 Å². The average Bonchev–Trinajstić information content (AvgIpc) is 1.38. The summed E-state index contributed by atoms with van der Waals surface area (Å²) in [7, 11) is 3.38. The van der Waals surface area contributed by atoms with Crippen LogP contribution in [0.1, 0.15) is 0 Å². The third kappa shape index (κ3) is 9.64. The highest BCUT2D eigenvalue weighted by molar-refractivity contribution is 5.75. The van der Waals surface area contributed by atoms with Crippen LogP contribution in [0, 0.1) is 0 Å². The fourth-order valence-electron chi connectivity index (χ4n) is 0. The van der Waals surface area contributed by atoms with Crippen molar-refractivity contribution < 1.29 is 4.79 Å². The summed E-state index contributed by atoms with van der Waals surface area (Å²) in [6.07, 6.45) is 0.750. The van der Waals surface area contributed by atoms with Crippen molar-refractivity contribution in [1.29, 1.82) is 0 Å². The summed E-state index contributed by atoms with van der Waals surface area (Å²) in [5.74, 6) is 0. The van der Waals surface area contributed by atoms with Crippen molar-refractivity contribution in [2.24, 2.45) is 0 Å². The molecule has 6 heavy (non-hydrogen) atoms. The van der Waals surface area contributed by atoms with Gasteiger partial charge in [-0.1, -0.05) is 0 Å². The minimum atomic E-state index is 0. The number of nitrogens with zero attached hydrogens (tertiary/aromatic N) is 1. The van der Waals surface area contributed by atoms with E-state index < -0.39 is 0 Å². The van der Waals surface area contributed by atoms with Gasteiger partial charge >= 0.3 is 0 Å². The quantitative estimate of drug-likeness (QED) is 0.282. The van der Waals surface area contributed by atoms with Gasteiger partial charge in [-0.15, -0.1) is 0 Å². The standard InChI is InChI=1S/C3H7NO.BH3/c1-4(2)3-5;/h3H,1-2H3;1H3. The van der Waals surface area contributed by atoms with Crippen molar-refractivity contribution in [2.45, 2.75) is 0 Å². The number of hydrogen-bond acceptors (Lipinski definition) is 1. The van der Waals surface area contributed by atoms with Gasteiger partial charge in [0.05, 0.1) is 8.41 Å². The van der Waals surface area contributed by atoms with E-state index in [-0.39, 0.29) is 8.41 Å². The van der Waals surface area contributed by atoms with Crippen LogP contribution in [0.4, 0.5) is 0 Å². The number of carbonyl (C=O) groups excluding carboxylic acids is 1. The first-order chi connectivity index (χ1) is 2.27. The molecule has 0 bridgehead atoms. The number of amides is 1. The molecule has 0 aliphatic rings. The number of rotatable bonds is 1. The molecule has 0 fully saturated rings. The van der Waals surface area contributed by atoms with Gasteiger partial charge in [-0.3, -0.25) is 4.79 Å². The Morgan fingerprint density at radius 1 is 1.50 bits per heavy atom. The van der Waals surface area contributed by atoms with E-state index >= 15 is 0 Å². The highest BCUT2D eigenvalue weighted by Crippen LogP contribution is 1.52. The van der Waals surface area contributed by atoms with Crippen LogP contribution in [0.2, 0.25) is 0 Å². The predicted molar refractivity (Wildman–Crippen MR) is 29.7 cm³/mol. The molecule has 0 rings (SSSR count). The van der Waals surface area contributed by atoms with Gasteiger partial charge in [0.15, 0.2) is 0 Å². The highest BCUT2D eigenvalue weighted by Gasteiger charge is 1.68. The SMILES string of the molecule is B.CN(C)C=O. The largest absolute Gasteiger partial charge is 0.351 e. The molecule has 3 heteroatoms. The van der Waals surface area contributed by atoms with E-state index in [1.54, 1.807) is 14.1 Å². The Morgan fingerprint density at radius 2 is 1.67 bits per heavy atom. The summed E-state index contributed by atoms with van der Waals surface area (Å²) in [5, 5.41) is 0. The Balaban J connectivity index is 0. The molecule has 0 atom stereocenters. The lowest BCUT2D eigenvalue weighted by atomic mass is 10.8. The maximum atomic E-state index is 9.43. The van der Waals surface area contributed by atoms with Crippen LogP contribution in [0.15, 0.2) is 0 Å². The number of carbonyl (C=O) groups is 1. The molecule has 0 spiro atoms. The van der Waals surface area contributed by atoms with E-state index in [4.69, 9.17) is 0 Å². The maximum Gasteiger partial charge on any atom is 0.209 e. The highest BCUT2D eigenvalue weighted by atomic mass is 16.1. The smallest absolute Gasteiger partial charge is 0.209 e. The molecule has 0 unspecified atom stereocenters. The Bertz CT molecular complexity index is 37.8. The lowest BCUT2D eigenvalue weighted by molar-refractivity contribution is -0.115. The molecule has 2 nitrogen and oxygen atoms in total. The second-order valence-electron chi connectivity index (χ2n) is 1.07. The lowest BCUT2D eigenvalue weighted by Crippen LogP contribution is -2.06. The predicted octanol–water partition coefficient (Wildman–Crippen LogP) is -1.48. The number of hydrogen-bond donors (Lipinski definition) is 0. The molecule has 0 aromatic carbocycles. The molecule has 0 saturated carbocycles. The van der Waals surface area contributed by atoms with Crippen molar-refractivity contribution in [3.05, 3.63) is 0 Å². The van der Waals surface area contributed by atoms with Crippen molar-refractivity contribution >= 4 is 14.8 Å². The van der Waals surface area contributed by atoms with E-state index in [1.807, 2.05) is 0 Å². The molecular formula is C3H10BNO. The van der Waals surface area contributed by atoms with Gasteiger partial charge in [0, 0.05) is 14.1 Å². The molecule has 0 N–H and O–H groups in total. The first-order valence-electron chi connectivity index (χ1n) is 1.39. The Labute approximate surface area is 39.7 Å². The molecule has 0 radical (unpaired) electrons. The van der Waals surface area contributed by atoms with E-state index in [9.17, 15) is 4.79 Å². The normalized spacial score (nSPS) is 5.67. The molecule has 0 aliphatic carbocycles. The van der Waals surface area contributed by atoms with Crippen LogP contribution in [0.5, 0.6) is 0 Å². The topological polar surface area (TPSA) is 20.3 Å². The molecule has 36 valence electrons. The molecule has 1 amide bonds. The Hall–Kier alpha value is -0.465. The first-order valence-corrected chi connectivity index (χ1v) is 1.39. The first kappa shape index (κ1) is 9.11. The maximum absolute atomic E-state index is 9.43. The van der Waals surface area contributed by atoms with Crippen molar-refractivity contribution in [3.8, 4) is 0 Å². The Morgan fingerprint density at radius 3 is 1.67 bits per heavy atom. The summed E-state index contributed by atoms with van der Waals surface area (Å²) >= 11 is 0. The van der Waals surface area contributed by atoms with Gasteiger partial charge in [-0.05, 0) is 0 Å². The van der Waals surface area contributed by atoms with E-state index in [1.165, 1.54) is 4.90 Å². The summed E-state index contributed by atoms with van der Waals surface area (Å²) in [4.78, 5) is 10.9. The summed E-state index contributed by atoms with van der Waals surface area (Å²) in [5.41, 5.74) is 0. The zero-order valence-electron chi connectivity index (χ0n) is 3.43.